The molecule has 1 aliphatic rings. The minimum Gasteiger partial charge on any atom is -0.338 e. The second kappa shape index (κ2) is 7.80. The van der Waals surface area contributed by atoms with Gasteiger partial charge in [0.1, 0.15) is 0 Å². The molecule has 1 aromatic carbocycles. The van der Waals surface area contributed by atoms with Gasteiger partial charge in [-0.1, -0.05) is 17.7 Å². The molecule has 0 saturated carbocycles. The number of aromatic nitrogens is 4. The Kier molecular flexibility index (Phi) is 5.24. The van der Waals surface area contributed by atoms with Crippen LogP contribution in [-0.4, -0.2) is 50.2 Å². The van der Waals surface area contributed by atoms with E-state index in [2.05, 4.69) is 24.3 Å². The fourth-order valence-electron chi connectivity index (χ4n) is 3.32. The quantitative estimate of drug-likeness (QED) is 0.626. The zero-order chi connectivity index (χ0) is 18.8. The maximum atomic E-state index is 6.27. The lowest BCUT2D eigenvalue weighted by atomic mass is 10.2. The van der Waals surface area contributed by atoms with Gasteiger partial charge in [0.05, 0.1) is 12.4 Å². The molecule has 1 aliphatic heterocycles. The van der Waals surface area contributed by atoms with E-state index in [1.165, 1.54) is 0 Å². The Labute approximate surface area is 168 Å². The monoisotopic (exact) mass is 400 g/mol. The highest BCUT2D eigenvalue weighted by Crippen LogP contribution is 2.23. The summed E-state index contributed by atoms with van der Waals surface area (Å²) in [6.07, 6.45) is 7.62. The van der Waals surface area contributed by atoms with Crippen molar-refractivity contribution in [1.29, 1.82) is 0 Å². The fourth-order valence-corrected chi connectivity index (χ4v) is 3.77. The Morgan fingerprint density at radius 1 is 1.04 bits per heavy atom. The van der Waals surface area contributed by atoms with E-state index in [1.807, 2.05) is 48.1 Å². The van der Waals surface area contributed by atoms with Crippen LogP contribution in [0.2, 0.25) is 5.02 Å². The van der Waals surface area contributed by atoms with Crippen molar-refractivity contribution in [2.24, 2.45) is 0 Å². The highest BCUT2D eigenvalue weighted by molar-refractivity contribution is 7.71. The largest absolute Gasteiger partial charge is 0.338 e. The summed E-state index contributed by atoms with van der Waals surface area (Å²) in [5.74, 6) is 0.802. The maximum Gasteiger partial charge on any atom is 0.225 e. The van der Waals surface area contributed by atoms with Crippen LogP contribution in [0.4, 0.5) is 5.95 Å². The molecule has 1 saturated heterocycles. The number of halogens is 1. The summed E-state index contributed by atoms with van der Waals surface area (Å²) >= 11 is 12.0. The molecular weight excluding hydrogens is 380 g/mol. The van der Waals surface area contributed by atoms with Gasteiger partial charge in [0, 0.05) is 56.0 Å². The van der Waals surface area contributed by atoms with Crippen LogP contribution >= 0.6 is 23.8 Å². The van der Waals surface area contributed by atoms with Gasteiger partial charge in [-0.15, -0.1) is 0 Å². The first kappa shape index (κ1) is 18.2. The van der Waals surface area contributed by atoms with Crippen LogP contribution < -0.4 is 4.90 Å². The van der Waals surface area contributed by atoms with Gasteiger partial charge in [-0.05, 0) is 42.9 Å². The minimum absolute atomic E-state index is 0.751. The lowest BCUT2D eigenvalue weighted by molar-refractivity contribution is 0.204. The molecule has 2 aromatic heterocycles. The normalized spacial score (nSPS) is 15.3. The van der Waals surface area contributed by atoms with Gasteiger partial charge in [-0.3, -0.25) is 9.47 Å². The van der Waals surface area contributed by atoms with Crippen molar-refractivity contribution in [2.45, 2.75) is 13.6 Å². The van der Waals surface area contributed by atoms with Crippen LogP contribution in [0, 0.1) is 11.7 Å². The minimum atomic E-state index is 0.751. The first-order valence-electron chi connectivity index (χ1n) is 8.91. The summed E-state index contributed by atoms with van der Waals surface area (Å²) < 4.78 is 4.89. The highest BCUT2D eigenvalue weighted by atomic mass is 35.5. The van der Waals surface area contributed by atoms with Gasteiger partial charge >= 0.3 is 0 Å². The SMILES string of the molecule is Cc1c(Cl)cccc1-n1ccn(CN2CCN(c3ncccn3)CC2)c1=S. The Balaban J connectivity index is 1.45. The zero-order valence-electron chi connectivity index (χ0n) is 15.1. The molecular formula is C19H21ClN6S. The number of piperazine rings is 1. The van der Waals surface area contributed by atoms with Gasteiger partial charge in [0.25, 0.3) is 0 Å². The number of rotatable bonds is 4. The summed E-state index contributed by atoms with van der Waals surface area (Å²) in [6.45, 7) is 6.50. The number of nitrogens with zero attached hydrogens (tertiary/aromatic N) is 6. The molecule has 0 amide bonds. The standard InChI is InChI=1S/C19H21ClN6S/c1-15-16(20)4-2-5-17(15)26-13-12-25(19(26)27)14-23-8-10-24(11-9-23)18-21-6-3-7-22-18/h2-7,12-13H,8-11,14H2,1H3. The predicted molar refractivity (Wildman–Crippen MR) is 110 cm³/mol. The van der Waals surface area contributed by atoms with Crippen molar-refractivity contribution in [3.05, 3.63) is 64.4 Å². The molecule has 0 aliphatic carbocycles. The van der Waals surface area contributed by atoms with Crippen molar-refractivity contribution in [2.75, 3.05) is 31.1 Å². The first-order valence-corrected chi connectivity index (χ1v) is 9.70. The summed E-state index contributed by atoms with van der Waals surface area (Å²) in [4.78, 5) is 13.3. The third-order valence-electron chi connectivity index (χ3n) is 4.91. The third kappa shape index (κ3) is 3.76. The lowest BCUT2D eigenvalue weighted by Gasteiger charge is -2.34. The van der Waals surface area contributed by atoms with Crippen LogP contribution in [0.1, 0.15) is 5.56 Å². The van der Waals surface area contributed by atoms with Crippen LogP contribution in [0.5, 0.6) is 0 Å². The van der Waals surface area contributed by atoms with E-state index in [0.717, 1.165) is 59.8 Å². The molecule has 0 bridgehead atoms. The molecule has 6 nitrogen and oxygen atoms in total. The van der Waals surface area contributed by atoms with Gasteiger partial charge in [-0.2, -0.15) is 0 Å². The van der Waals surface area contributed by atoms with Crippen LogP contribution in [0.15, 0.2) is 49.1 Å². The van der Waals surface area contributed by atoms with Crippen molar-refractivity contribution in [3.8, 4) is 5.69 Å². The Bertz CT molecular complexity index is 975. The average Bonchev–Trinajstić information content (AvgIpc) is 3.05. The van der Waals surface area contributed by atoms with Crippen molar-refractivity contribution < 1.29 is 0 Å². The van der Waals surface area contributed by atoms with E-state index in [9.17, 15) is 0 Å². The van der Waals surface area contributed by atoms with Crippen LogP contribution in [0.3, 0.4) is 0 Å². The Morgan fingerprint density at radius 3 is 2.52 bits per heavy atom. The topological polar surface area (TPSA) is 42.1 Å². The lowest BCUT2D eigenvalue weighted by Crippen LogP contribution is -2.47. The van der Waals surface area contributed by atoms with E-state index >= 15 is 0 Å². The maximum absolute atomic E-state index is 6.27. The number of hydrogen-bond donors (Lipinski definition) is 0. The molecule has 8 heteroatoms. The Morgan fingerprint density at radius 2 is 1.78 bits per heavy atom. The molecule has 0 atom stereocenters. The number of benzene rings is 1. The van der Waals surface area contributed by atoms with Gasteiger partial charge in [0.2, 0.25) is 5.95 Å². The molecule has 4 rings (SSSR count). The van der Waals surface area contributed by atoms with Crippen LogP contribution in [-0.2, 0) is 6.67 Å². The van der Waals surface area contributed by atoms with Gasteiger partial charge in [0.15, 0.2) is 4.77 Å². The van der Waals surface area contributed by atoms with Gasteiger partial charge < -0.3 is 9.47 Å². The molecule has 3 aromatic rings. The Hall–Kier alpha value is -2.22. The molecule has 0 unspecified atom stereocenters. The van der Waals surface area contributed by atoms with Crippen molar-refractivity contribution in [3.63, 3.8) is 0 Å². The van der Waals surface area contributed by atoms with Crippen molar-refractivity contribution >= 4 is 29.8 Å². The number of imidazole rings is 1. The van der Waals surface area contributed by atoms with Crippen LogP contribution in [0.25, 0.3) is 5.69 Å². The predicted octanol–water partition coefficient (Wildman–Crippen LogP) is 3.54. The van der Waals surface area contributed by atoms with Gasteiger partial charge in [-0.25, -0.2) is 9.97 Å². The van der Waals surface area contributed by atoms with E-state index in [4.69, 9.17) is 23.8 Å². The van der Waals surface area contributed by atoms with E-state index < -0.39 is 0 Å². The van der Waals surface area contributed by atoms with E-state index in [1.54, 1.807) is 12.4 Å². The fraction of sp³-hybridized carbons (Fsp3) is 0.316. The molecule has 27 heavy (non-hydrogen) atoms. The second-order valence-corrected chi connectivity index (χ2v) is 7.37. The number of anilines is 1. The molecule has 0 radical (unpaired) electrons. The molecule has 140 valence electrons. The smallest absolute Gasteiger partial charge is 0.225 e. The first-order chi connectivity index (χ1) is 13.1. The molecule has 0 spiro atoms. The third-order valence-corrected chi connectivity index (χ3v) is 5.75. The molecule has 0 N–H and O–H groups in total. The average molecular weight is 401 g/mol. The van der Waals surface area contributed by atoms with Crippen molar-refractivity contribution in [1.82, 2.24) is 24.0 Å². The molecule has 1 fully saturated rings. The second-order valence-electron chi connectivity index (χ2n) is 6.60. The summed E-state index contributed by atoms with van der Waals surface area (Å²) in [5.41, 5.74) is 2.06. The summed E-state index contributed by atoms with van der Waals surface area (Å²) in [5, 5.41) is 0.751. The summed E-state index contributed by atoms with van der Waals surface area (Å²) in [7, 11) is 0. The number of hydrogen-bond acceptors (Lipinski definition) is 5. The summed E-state index contributed by atoms with van der Waals surface area (Å²) in [6, 6.07) is 7.74. The van der Waals surface area contributed by atoms with E-state index in [-0.39, 0.29) is 0 Å². The van der Waals surface area contributed by atoms with E-state index in [0.29, 0.717) is 0 Å². The highest BCUT2D eigenvalue weighted by Gasteiger charge is 2.19. The molecule has 3 heterocycles. The zero-order valence-corrected chi connectivity index (χ0v) is 16.7.